The van der Waals surface area contributed by atoms with Crippen molar-refractivity contribution in [2.75, 3.05) is 11.5 Å². The lowest BCUT2D eigenvalue weighted by molar-refractivity contribution is -0.118. The van der Waals surface area contributed by atoms with E-state index in [0.29, 0.717) is 18.5 Å². The number of ether oxygens (including phenoxy) is 1. The van der Waals surface area contributed by atoms with E-state index in [0.717, 1.165) is 10.5 Å². The summed E-state index contributed by atoms with van der Waals surface area (Å²) in [6.07, 6.45) is 0.459. The van der Waals surface area contributed by atoms with E-state index in [4.69, 9.17) is 4.74 Å². The minimum Gasteiger partial charge on any atom is -0.449 e. The summed E-state index contributed by atoms with van der Waals surface area (Å²) in [4.78, 5) is 24.5. The molecule has 1 heterocycles. The zero-order chi connectivity index (χ0) is 11.5. The molecular weight excluding hydrogens is 206 g/mol. The van der Waals surface area contributed by atoms with Crippen molar-refractivity contribution in [1.29, 1.82) is 0 Å². The van der Waals surface area contributed by atoms with Gasteiger partial charge in [0.25, 0.3) is 0 Å². The number of fused-ring (bicyclic) bond motifs is 1. The van der Waals surface area contributed by atoms with Gasteiger partial charge in [0, 0.05) is 6.42 Å². The highest BCUT2D eigenvalue weighted by Gasteiger charge is 2.29. The van der Waals surface area contributed by atoms with Gasteiger partial charge in [0.05, 0.1) is 12.3 Å². The summed E-state index contributed by atoms with van der Waals surface area (Å²) in [6, 6.07) is 7.40. The molecule has 4 nitrogen and oxygen atoms in total. The number of carbonyl (C=O) groups excluding carboxylic acids is 2. The fourth-order valence-corrected chi connectivity index (χ4v) is 1.82. The number of anilines is 1. The van der Waals surface area contributed by atoms with Gasteiger partial charge < -0.3 is 4.74 Å². The van der Waals surface area contributed by atoms with Gasteiger partial charge in [-0.3, -0.25) is 4.79 Å². The quantitative estimate of drug-likeness (QED) is 0.726. The highest BCUT2D eigenvalue weighted by molar-refractivity contribution is 6.13. The molecule has 0 aliphatic carbocycles. The molecule has 0 aromatic heterocycles. The van der Waals surface area contributed by atoms with Crippen molar-refractivity contribution < 1.29 is 14.3 Å². The molecule has 0 atom stereocenters. The van der Waals surface area contributed by atoms with Crippen LogP contribution in [0.2, 0.25) is 0 Å². The van der Waals surface area contributed by atoms with Crippen molar-refractivity contribution in [3.63, 3.8) is 0 Å². The summed E-state index contributed by atoms with van der Waals surface area (Å²) in [5.41, 5.74) is 1.66. The van der Waals surface area contributed by atoms with Crippen molar-refractivity contribution in [3.8, 4) is 0 Å². The smallest absolute Gasteiger partial charge is 0.421 e. The van der Waals surface area contributed by atoms with Gasteiger partial charge in [-0.25, -0.2) is 9.69 Å². The fourth-order valence-electron chi connectivity index (χ4n) is 1.82. The predicted molar refractivity (Wildman–Crippen MR) is 59.3 cm³/mol. The Morgan fingerprint density at radius 2 is 2.12 bits per heavy atom. The summed E-state index contributed by atoms with van der Waals surface area (Å²) in [5.74, 6) is -0.197. The molecule has 0 saturated heterocycles. The maximum Gasteiger partial charge on any atom is 0.421 e. The lowest BCUT2D eigenvalue weighted by Gasteiger charge is -2.26. The second-order valence-corrected chi connectivity index (χ2v) is 3.56. The molecule has 1 aliphatic rings. The van der Waals surface area contributed by atoms with Crippen LogP contribution < -0.4 is 4.90 Å². The Kier molecular flexibility index (Phi) is 2.90. The summed E-state index contributed by atoms with van der Waals surface area (Å²) >= 11 is 0. The standard InChI is InChI=1S/C12H13NO3/c1-2-16-12(15)13-10-6-4-3-5-9(10)7-8-11(13)14/h3-6H,2,7-8H2,1H3. The second-order valence-electron chi connectivity index (χ2n) is 3.56. The summed E-state index contributed by atoms with van der Waals surface area (Å²) in [5, 5.41) is 0. The molecule has 4 heteroatoms. The minimum absolute atomic E-state index is 0.197. The zero-order valence-corrected chi connectivity index (χ0v) is 9.10. The molecule has 0 unspecified atom stereocenters. The number of hydrogen-bond donors (Lipinski definition) is 0. The zero-order valence-electron chi connectivity index (χ0n) is 9.10. The van der Waals surface area contributed by atoms with Crippen LogP contribution in [0.5, 0.6) is 0 Å². The van der Waals surface area contributed by atoms with Crippen LogP contribution in [0.4, 0.5) is 10.5 Å². The molecule has 2 rings (SSSR count). The maximum atomic E-state index is 11.7. The Hall–Kier alpha value is -1.84. The van der Waals surface area contributed by atoms with Gasteiger partial charge in [-0.1, -0.05) is 18.2 Å². The third-order valence-electron chi connectivity index (χ3n) is 2.54. The van der Waals surface area contributed by atoms with Gasteiger partial charge in [-0.05, 0) is 25.0 Å². The summed E-state index contributed by atoms with van der Waals surface area (Å²) in [6.45, 7) is 1.99. The number of nitrogens with zero attached hydrogens (tertiary/aromatic N) is 1. The fraction of sp³-hybridized carbons (Fsp3) is 0.333. The van der Waals surface area contributed by atoms with Crippen molar-refractivity contribution in [1.82, 2.24) is 0 Å². The van der Waals surface area contributed by atoms with Crippen LogP contribution in [0.15, 0.2) is 24.3 Å². The first-order valence-corrected chi connectivity index (χ1v) is 5.31. The number of benzene rings is 1. The number of rotatable bonds is 1. The van der Waals surface area contributed by atoms with E-state index in [2.05, 4.69) is 0 Å². The topological polar surface area (TPSA) is 46.6 Å². The van der Waals surface area contributed by atoms with Gasteiger partial charge >= 0.3 is 6.09 Å². The highest BCUT2D eigenvalue weighted by Crippen LogP contribution is 2.27. The van der Waals surface area contributed by atoms with E-state index in [9.17, 15) is 9.59 Å². The molecule has 0 fully saturated rings. The molecule has 84 valence electrons. The molecule has 0 bridgehead atoms. The lowest BCUT2D eigenvalue weighted by Crippen LogP contribution is -2.40. The molecule has 1 aromatic rings. The Balaban J connectivity index is 2.37. The summed E-state index contributed by atoms with van der Waals surface area (Å²) < 4.78 is 4.87. The van der Waals surface area contributed by atoms with E-state index in [-0.39, 0.29) is 12.5 Å². The van der Waals surface area contributed by atoms with Gasteiger partial charge in [0.15, 0.2) is 0 Å². The predicted octanol–water partition coefficient (Wildman–Crippen LogP) is 2.12. The van der Waals surface area contributed by atoms with Gasteiger partial charge in [-0.15, -0.1) is 0 Å². The van der Waals surface area contributed by atoms with E-state index in [1.54, 1.807) is 13.0 Å². The number of imide groups is 1. The number of amides is 2. The molecule has 0 spiro atoms. The molecule has 16 heavy (non-hydrogen) atoms. The van der Waals surface area contributed by atoms with Crippen molar-refractivity contribution in [2.45, 2.75) is 19.8 Å². The van der Waals surface area contributed by atoms with E-state index < -0.39 is 6.09 Å². The first kappa shape index (κ1) is 10.7. The Bertz CT molecular complexity index is 428. The second kappa shape index (κ2) is 4.35. The van der Waals surface area contributed by atoms with Gasteiger partial charge in [-0.2, -0.15) is 0 Å². The molecule has 0 N–H and O–H groups in total. The molecule has 1 aliphatic heterocycles. The van der Waals surface area contributed by atoms with E-state index in [1.807, 2.05) is 18.2 Å². The van der Waals surface area contributed by atoms with E-state index in [1.165, 1.54) is 0 Å². The largest absolute Gasteiger partial charge is 0.449 e. The molecule has 0 saturated carbocycles. The monoisotopic (exact) mass is 219 g/mol. The third kappa shape index (κ3) is 1.78. The van der Waals surface area contributed by atoms with Crippen LogP contribution >= 0.6 is 0 Å². The number of carbonyl (C=O) groups is 2. The van der Waals surface area contributed by atoms with Crippen molar-refractivity contribution in [3.05, 3.63) is 29.8 Å². The van der Waals surface area contributed by atoms with Crippen LogP contribution in [0, 0.1) is 0 Å². The number of hydrogen-bond acceptors (Lipinski definition) is 3. The third-order valence-corrected chi connectivity index (χ3v) is 2.54. The normalized spacial score (nSPS) is 14.6. The molecular formula is C12H13NO3. The average Bonchev–Trinajstić information content (AvgIpc) is 2.29. The molecule has 0 radical (unpaired) electrons. The first-order chi connectivity index (χ1) is 7.74. The minimum atomic E-state index is -0.584. The Morgan fingerprint density at radius 1 is 1.38 bits per heavy atom. The van der Waals surface area contributed by atoms with Crippen LogP contribution in [0.25, 0.3) is 0 Å². The van der Waals surface area contributed by atoms with Gasteiger partial charge in [0.2, 0.25) is 5.91 Å². The van der Waals surface area contributed by atoms with Crippen molar-refractivity contribution in [2.24, 2.45) is 0 Å². The Morgan fingerprint density at radius 3 is 2.88 bits per heavy atom. The maximum absolute atomic E-state index is 11.7. The highest BCUT2D eigenvalue weighted by atomic mass is 16.6. The number of para-hydroxylation sites is 1. The molecule has 1 aromatic carbocycles. The van der Waals surface area contributed by atoms with Crippen molar-refractivity contribution >= 4 is 17.7 Å². The first-order valence-electron chi connectivity index (χ1n) is 5.31. The summed E-state index contributed by atoms with van der Waals surface area (Å²) in [7, 11) is 0. The molecule has 2 amide bonds. The SMILES string of the molecule is CCOC(=O)N1C(=O)CCc2ccccc21. The van der Waals surface area contributed by atoms with Crippen LogP contribution in [0.3, 0.4) is 0 Å². The van der Waals surface area contributed by atoms with E-state index >= 15 is 0 Å². The average molecular weight is 219 g/mol. The van der Waals surface area contributed by atoms with Gasteiger partial charge in [0.1, 0.15) is 0 Å². The lowest BCUT2D eigenvalue weighted by atomic mass is 10.0. The Labute approximate surface area is 93.8 Å². The van der Waals surface area contributed by atoms with Crippen LogP contribution in [-0.4, -0.2) is 18.6 Å². The van der Waals surface area contributed by atoms with Crippen LogP contribution in [0.1, 0.15) is 18.9 Å². The number of aryl methyl sites for hydroxylation is 1. The van der Waals surface area contributed by atoms with Crippen LogP contribution in [-0.2, 0) is 16.0 Å².